The summed E-state index contributed by atoms with van der Waals surface area (Å²) >= 11 is 18.3. The molecule has 1 aliphatic rings. The molecule has 0 unspecified atom stereocenters. The lowest BCUT2D eigenvalue weighted by molar-refractivity contribution is -0.173. The predicted molar refractivity (Wildman–Crippen MR) is 119 cm³/mol. The van der Waals surface area contributed by atoms with Crippen LogP contribution in [0.2, 0.25) is 15.1 Å². The molecule has 0 saturated carbocycles. The molecule has 0 saturated heterocycles. The highest BCUT2D eigenvalue weighted by molar-refractivity contribution is 6.38. The number of hydrogen-bond acceptors (Lipinski definition) is 3. The number of nitrogens with one attached hydrogen (secondary N) is 2. The van der Waals surface area contributed by atoms with Crippen LogP contribution in [0.3, 0.4) is 0 Å². The number of rotatable bonds is 3. The monoisotopic (exact) mass is 502 g/mol. The van der Waals surface area contributed by atoms with Gasteiger partial charge in [-0.3, -0.25) is 4.79 Å². The molecule has 0 aliphatic carbocycles. The average Bonchev–Trinajstić information content (AvgIpc) is 3.06. The molecule has 1 aromatic heterocycles. The Hall–Kier alpha value is -2.42. The quantitative estimate of drug-likeness (QED) is 0.402. The topological polar surface area (TPSA) is 59.0 Å². The normalized spacial score (nSPS) is 18.1. The van der Waals surface area contributed by atoms with Crippen LogP contribution in [-0.2, 0) is 0 Å². The minimum absolute atomic E-state index is 0.0758. The van der Waals surface area contributed by atoms with Gasteiger partial charge in [0.1, 0.15) is 10.8 Å². The van der Waals surface area contributed by atoms with Gasteiger partial charge in [0.2, 0.25) is 0 Å². The van der Waals surface area contributed by atoms with Gasteiger partial charge in [0, 0.05) is 11.4 Å². The van der Waals surface area contributed by atoms with Crippen molar-refractivity contribution >= 4 is 52.2 Å². The van der Waals surface area contributed by atoms with E-state index in [9.17, 15) is 18.0 Å². The summed E-state index contributed by atoms with van der Waals surface area (Å²) in [6, 6.07) is 8.96. The Morgan fingerprint density at radius 3 is 2.50 bits per heavy atom. The molecule has 0 radical (unpaired) electrons. The number of anilines is 2. The van der Waals surface area contributed by atoms with Gasteiger partial charge in [-0.2, -0.15) is 18.3 Å². The maximum absolute atomic E-state index is 13.9. The second-order valence-electron chi connectivity index (χ2n) is 7.43. The van der Waals surface area contributed by atoms with E-state index in [-0.39, 0.29) is 33.7 Å². The van der Waals surface area contributed by atoms with E-state index in [4.69, 9.17) is 34.8 Å². The maximum atomic E-state index is 13.9. The summed E-state index contributed by atoms with van der Waals surface area (Å²) in [6.45, 7) is 1.89. The summed E-state index contributed by atoms with van der Waals surface area (Å²) in [5.41, 5.74) is 1.48. The summed E-state index contributed by atoms with van der Waals surface area (Å²) in [4.78, 5) is 12.8. The number of aryl methyl sites for hydroxylation is 1. The fraction of sp³-hybridized carbons (Fsp3) is 0.238. The number of carbonyl (C=O) groups is 1. The molecule has 2 heterocycles. The highest BCUT2D eigenvalue weighted by Crippen LogP contribution is 2.46. The van der Waals surface area contributed by atoms with E-state index >= 15 is 0 Å². The van der Waals surface area contributed by atoms with E-state index < -0.39 is 24.2 Å². The van der Waals surface area contributed by atoms with Gasteiger partial charge >= 0.3 is 6.18 Å². The number of halogens is 6. The average molecular weight is 504 g/mol. The van der Waals surface area contributed by atoms with E-state index in [2.05, 4.69) is 15.7 Å². The Balaban J connectivity index is 1.71. The molecule has 1 aliphatic heterocycles. The van der Waals surface area contributed by atoms with Crippen LogP contribution in [-0.4, -0.2) is 21.9 Å². The van der Waals surface area contributed by atoms with Crippen molar-refractivity contribution in [2.45, 2.75) is 31.6 Å². The number of alkyl halides is 3. The van der Waals surface area contributed by atoms with Crippen LogP contribution >= 0.6 is 34.8 Å². The number of nitrogens with zero attached hydrogens (tertiary/aromatic N) is 2. The first-order valence-corrected chi connectivity index (χ1v) is 10.6. The Kier molecular flexibility index (Phi) is 6.04. The smallest absolute Gasteiger partial charge is 0.362 e. The number of carbonyl (C=O) groups excluding carboxylic acids is 1. The first-order chi connectivity index (χ1) is 15.0. The van der Waals surface area contributed by atoms with Crippen molar-refractivity contribution < 1.29 is 18.0 Å². The van der Waals surface area contributed by atoms with Crippen molar-refractivity contribution in [3.63, 3.8) is 0 Å². The minimum Gasteiger partial charge on any atom is -0.362 e. The summed E-state index contributed by atoms with van der Waals surface area (Å²) in [7, 11) is 0. The van der Waals surface area contributed by atoms with Crippen molar-refractivity contribution in [3.05, 3.63) is 74.4 Å². The molecule has 32 heavy (non-hydrogen) atoms. The first-order valence-electron chi connectivity index (χ1n) is 9.49. The second kappa shape index (κ2) is 8.50. The molecule has 168 valence electrons. The van der Waals surface area contributed by atoms with Crippen molar-refractivity contribution in [1.29, 1.82) is 0 Å². The van der Waals surface area contributed by atoms with Crippen LogP contribution < -0.4 is 10.6 Å². The molecule has 0 spiro atoms. The SMILES string of the molecule is Cc1ccc([C@H]2C[C@@H](C(F)(F)F)n3nc(C(=O)Nc4cc(Cl)ccc4Cl)c(Cl)c3N2)cc1. The van der Waals surface area contributed by atoms with Crippen molar-refractivity contribution in [2.24, 2.45) is 0 Å². The standard InChI is InChI=1S/C21H16Cl3F3N4O/c1-10-2-4-11(5-3-10)14-9-16(21(25,26)27)31-19(28-14)17(24)18(30-31)20(32)29-15-8-12(22)6-7-13(15)23/h2-8,14,16,28H,9H2,1H3,(H,29,32)/t14-,16+/m1/s1. The van der Waals surface area contributed by atoms with Gasteiger partial charge in [0.25, 0.3) is 5.91 Å². The summed E-state index contributed by atoms with van der Waals surface area (Å²) in [6.07, 6.45) is -4.90. The Labute approximate surface area is 196 Å². The van der Waals surface area contributed by atoms with Gasteiger partial charge in [0.15, 0.2) is 11.7 Å². The molecular weight excluding hydrogens is 488 g/mol. The van der Waals surface area contributed by atoms with Gasteiger partial charge in [-0.1, -0.05) is 64.6 Å². The molecule has 4 rings (SSSR count). The Morgan fingerprint density at radius 2 is 1.84 bits per heavy atom. The van der Waals surface area contributed by atoms with E-state index in [1.807, 2.05) is 19.1 Å². The third-order valence-electron chi connectivity index (χ3n) is 5.17. The summed E-state index contributed by atoms with van der Waals surface area (Å²) in [5.74, 6) is -0.885. The lowest BCUT2D eigenvalue weighted by atomic mass is 9.96. The fourth-order valence-electron chi connectivity index (χ4n) is 3.53. The van der Waals surface area contributed by atoms with Gasteiger partial charge in [-0.15, -0.1) is 0 Å². The lowest BCUT2D eigenvalue weighted by Gasteiger charge is -2.33. The number of benzene rings is 2. The van der Waals surface area contributed by atoms with Crippen LogP contribution in [0.25, 0.3) is 0 Å². The van der Waals surface area contributed by atoms with Crippen LogP contribution in [0.5, 0.6) is 0 Å². The van der Waals surface area contributed by atoms with Crippen LogP contribution in [0, 0.1) is 6.92 Å². The molecule has 2 atom stereocenters. The number of fused-ring (bicyclic) bond motifs is 1. The highest BCUT2D eigenvalue weighted by Gasteiger charge is 2.47. The van der Waals surface area contributed by atoms with E-state index in [0.717, 1.165) is 10.2 Å². The summed E-state index contributed by atoms with van der Waals surface area (Å²) in [5, 5.41) is 9.71. The molecule has 1 amide bonds. The number of amides is 1. The third kappa shape index (κ3) is 4.40. The van der Waals surface area contributed by atoms with Gasteiger partial charge in [-0.25, -0.2) is 4.68 Å². The zero-order valence-electron chi connectivity index (χ0n) is 16.5. The molecule has 2 N–H and O–H groups in total. The van der Waals surface area contributed by atoms with E-state index in [0.29, 0.717) is 10.6 Å². The zero-order valence-corrected chi connectivity index (χ0v) is 18.7. The maximum Gasteiger partial charge on any atom is 0.410 e. The fourth-order valence-corrected chi connectivity index (χ4v) is 4.13. The Bertz CT molecular complexity index is 1180. The molecular formula is C21H16Cl3F3N4O. The Morgan fingerprint density at radius 1 is 1.16 bits per heavy atom. The lowest BCUT2D eigenvalue weighted by Crippen LogP contribution is -2.35. The number of hydrogen-bond donors (Lipinski definition) is 2. The van der Waals surface area contributed by atoms with E-state index in [1.54, 1.807) is 12.1 Å². The number of aromatic nitrogens is 2. The molecule has 5 nitrogen and oxygen atoms in total. The predicted octanol–water partition coefficient (Wildman–Crippen LogP) is 7.06. The van der Waals surface area contributed by atoms with Gasteiger partial charge < -0.3 is 10.6 Å². The van der Waals surface area contributed by atoms with Gasteiger partial charge in [-0.05, 0) is 30.7 Å². The molecule has 0 bridgehead atoms. The highest BCUT2D eigenvalue weighted by atomic mass is 35.5. The first kappa shape index (κ1) is 22.8. The van der Waals surface area contributed by atoms with Gasteiger partial charge in [0.05, 0.1) is 16.8 Å². The zero-order chi connectivity index (χ0) is 23.2. The second-order valence-corrected chi connectivity index (χ2v) is 8.66. The minimum atomic E-state index is -4.60. The molecule has 3 aromatic rings. The van der Waals surface area contributed by atoms with Crippen molar-refractivity contribution in [1.82, 2.24) is 9.78 Å². The largest absolute Gasteiger partial charge is 0.410 e. The van der Waals surface area contributed by atoms with Crippen LogP contribution in [0.1, 0.15) is 40.1 Å². The molecule has 0 fully saturated rings. The van der Waals surface area contributed by atoms with Crippen LogP contribution in [0.15, 0.2) is 42.5 Å². The van der Waals surface area contributed by atoms with E-state index in [1.165, 1.54) is 18.2 Å². The third-order valence-corrected chi connectivity index (χ3v) is 6.09. The van der Waals surface area contributed by atoms with Crippen LogP contribution in [0.4, 0.5) is 24.7 Å². The van der Waals surface area contributed by atoms with Crippen molar-refractivity contribution in [2.75, 3.05) is 10.6 Å². The molecule has 2 aromatic carbocycles. The molecule has 11 heteroatoms. The van der Waals surface area contributed by atoms with Crippen molar-refractivity contribution in [3.8, 4) is 0 Å². The summed E-state index contributed by atoms with van der Waals surface area (Å²) < 4.78 is 42.4.